The minimum atomic E-state index is 0.0630. The summed E-state index contributed by atoms with van der Waals surface area (Å²) < 4.78 is 8.83. The number of tetrazole rings is 1. The van der Waals surface area contributed by atoms with Crippen molar-refractivity contribution >= 4 is 23.1 Å². The molecule has 1 aromatic carbocycles. The molecule has 0 fully saturated rings. The molecular weight excluding hydrogens is 346 g/mol. The number of benzene rings is 1. The van der Waals surface area contributed by atoms with Crippen LogP contribution >= 0.6 is 23.1 Å². The molecular formula is C15H17N5O2S2. The van der Waals surface area contributed by atoms with Gasteiger partial charge in [0.05, 0.1) is 7.11 Å². The lowest BCUT2D eigenvalue weighted by molar-refractivity contribution is 0.410. The zero-order valence-corrected chi connectivity index (χ0v) is 15.2. The van der Waals surface area contributed by atoms with Crippen LogP contribution in [-0.2, 0) is 6.54 Å². The number of methoxy groups -OCH3 is 1. The summed E-state index contributed by atoms with van der Waals surface area (Å²) in [5, 5.41) is 14.5. The van der Waals surface area contributed by atoms with E-state index in [0.717, 1.165) is 16.9 Å². The molecule has 0 amide bonds. The second-order valence-corrected chi connectivity index (χ2v) is 7.07. The van der Waals surface area contributed by atoms with Crippen LogP contribution in [0.1, 0.15) is 11.3 Å². The minimum Gasteiger partial charge on any atom is -0.494 e. The Morgan fingerprint density at radius 2 is 2.17 bits per heavy atom. The molecule has 2 heterocycles. The molecule has 0 saturated heterocycles. The number of thiazole rings is 1. The molecule has 9 heteroatoms. The number of thioether (sulfide) groups is 1. The van der Waals surface area contributed by atoms with Crippen LogP contribution in [0.25, 0.3) is 5.69 Å². The molecule has 0 unspecified atom stereocenters. The lowest BCUT2D eigenvalue weighted by Gasteiger charge is -2.10. The summed E-state index contributed by atoms with van der Waals surface area (Å²) in [7, 11) is 1.62. The average Bonchev–Trinajstić information content (AvgIpc) is 3.16. The third-order valence-electron chi connectivity index (χ3n) is 3.53. The fourth-order valence-corrected chi connectivity index (χ4v) is 3.86. The first-order valence-electron chi connectivity index (χ1n) is 7.31. The van der Waals surface area contributed by atoms with Crippen LogP contribution in [0, 0.1) is 13.8 Å². The van der Waals surface area contributed by atoms with E-state index in [1.54, 1.807) is 16.4 Å². The molecule has 0 atom stereocenters. The smallest absolute Gasteiger partial charge is 0.307 e. The summed E-state index contributed by atoms with van der Waals surface area (Å²) in [5.74, 6) is 1.41. The predicted molar refractivity (Wildman–Crippen MR) is 94.5 cm³/mol. The molecule has 0 aliphatic heterocycles. The molecule has 0 radical (unpaired) electrons. The average molecular weight is 363 g/mol. The molecule has 0 N–H and O–H groups in total. The van der Waals surface area contributed by atoms with Gasteiger partial charge < -0.3 is 9.30 Å². The summed E-state index contributed by atoms with van der Waals surface area (Å²) in [5.41, 5.74) is 2.87. The summed E-state index contributed by atoms with van der Waals surface area (Å²) >= 11 is 2.73. The third kappa shape index (κ3) is 3.36. The van der Waals surface area contributed by atoms with Crippen molar-refractivity contribution in [2.75, 3.05) is 12.9 Å². The van der Waals surface area contributed by atoms with E-state index in [1.807, 2.05) is 37.4 Å². The molecule has 0 bridgehead atoms. The van der Waals surface area contributed by atoms with Gasteiger partial charge in [-0.25, -0.2) is 0 Å². The number of rotatable bonds is 6. The largest absolute Gasteiger partial charge is 0.494 e. The fourth-order valence-electron chi connectivity index (χ4n) is 2.29. The Kier molecular flexibility index (Phi) is 5.00. The summed E-state index contributed by atoms with van der Waals surface area (Å²) in [6, 6.07) is 5.85. The highest BCUT2D eigenvalue weighted by Crippen LogP contribution is 2.27. The monoisotopic (exact) mass is 363 g/mol. The van der Waals surface area contributed by atoms with Crippen molar-refractivity contribution in [2.45, 2.75) is 25.5 Å². The minimum absolute atomic E-state index is 0.0630. The van der Waals surface area contributed by atoms with Gasteiger partial charge in [0, 0.05) is 23.4 Å². The van der Waals surface area contributed by atoms with Gasteiger partial charge in [0.2, 0.25) is 5.16 Å². The van der Waals surface area contributed by atoms with Gasteiger partial charge >= 0.3 is 4.87 Å². The summed E-state index contributed by atoms with van der Waals surface area (Å²) in [4.78, 5) is 11.8. The van der Waals surface area contributed by atoms with E-state index < -0.39 is 0 Å². The Hall–Kier alpha value is -2.13. The van der Waals surface area contributed by atoms with Crippen molar-refractivity contribution in [2.24, 2.45) is 0 Å². The highest BCUT2D eigenvalue weighted by Gasteiger charge is 2.14. The summed E-state index contributed by atoms with van der Waals surface area (Å²) in [6.07, 6.45) is 0. The normalized spacial score (nSPS) is 11.0. The van der Waals surface area contributed by atoms with E-state index >= 15 is 0 Å². The Morgan fingerprint density at radius 3 is 2.88 bits per heavy atom. The van der Waals surface area contributed by atoms with Crippen LogP contribution in [0.15, 0.2) is 33.5 Å². The lowest BCUT2D eigenvalue weighted by Crippen LogP contribution is -2.16. The van der Waals surface area contributed by atoms with Crippen LogP contribution in [0.2, 0.25) is 0 Å². The SMILES string of the molecule is COc1ccc(C)cc1-n1nnnc1SCCn1c(C)csc1=O. The number of aromatic nitrogens is 5. The van der Waals surface area contributed by atoms with Gasteiger partial charge in [-0.05, 0) is 42.0 Å². The van der Waals surface area contributed by atoms with Gasteiger partial charge in [-0.15, -0.1) is 5.10 Å². The first kappa shape index (κ1) is 16.7. The Balaban J connectivity index is 1.79. The maximum absolute atomic E-state index is 11.8. The molecule has 0 spiro atoms. The van der Waals surface area contributed by atoms with E-state index in [-0.39, 0.29) is 4.87 Å². The molecule has 7 nitrogen and oxygen atoms in total. The number of nitrogens with zero attached hydrogens (tertiary/aromatic N) is 5. The predicted octanol–water partition coefficient (Wildman–Crippen LogP) is 2.30. The first-order chi connectivity index (χ1) is 11.6. The molecule has 24 heavy (non-hydrogen) atoms. The van der Waals surface area contributed by atoms with E-state index in [1.165, 1.54) is 23.1 Å². The lowest BCUT2D eigenvalue weighted by atomic mass is 10.2. The second kappa shape index (κ2) is 7.18. The Morgan fingerprint density at radius 1 is 1.33 bits per heavy atom. The first-order valence-corrected chi connectivity index (χ1v) is 9.18. The molecule has 2 aromatic heterocycles. The van der Waals surface area contributed by atoms with Crippen molar-refractivity contribution in [3.05, 3.63) is 44.5 Å². The van der Waals surface area contributed by atoms with E-state index in [4.69, 9.17) is 4.74 Å². The zero-order chi connectivity index (χ0) is 17.1. The van der Waals surface area contributed by atoms with Crippen molar-refractivity contribution in [1.29, 1.82) is 0 Å². The van der Waals surface area contributed by atoms with Gasteiger partial charge in [-0.2, -0.15) is 4.68 Å². The van der Waals surface area contributed by atoms with Gasteiger partial charge in [-0.1, -0.05) is 29.2 Å². The molecule has 0 aliphatic carbocycles. The van der Waals surface area contributed by atoms with Crippen molar-refractivity contribution in [3.8, 4) is 11.4 Å². The molecule has 0 saturated carbocycles. The highest BCUT2D eigenvalue weighted by molar-refractivity contribution is 7.99. The number of ether oxygens (including phenoxy) is 1. The van der Waals surface area contributed by atoms with E-state index in [9.17, 15) is 4.79 Å². The van der Waals surface area contributed by atoms with Crippen LogP contribution in [-0.4, -0.2) is 37.6 Å². The topological polar surface area (TPSA) is 74.8 Å². The van der Waals surface area contributed by atoms with Gasteiger partial charge in [0.15, 0.2) is 0 Å². The quantitative estimate of drug-likeness (QED) is 0.626. The van der Waals surface area contributed by atoms with Gasteiger partial charge in [-0.3, -0.25) is 4.79 Å². The third-order valence-corrected chi connectivity index (χ3v) is 5.31. The zero-order valence-electron chi connectivity index (χ0n) is 13.6. The standard InChI is InChI=1S/C15H17N5O2S2/c1-10-4-5-13(22-3)12(8-10)20-14(16-17-18-20)23-7-6-19-11(2)9-24-15(19)21/h4-5,8-9H,6-7H2,1-3H3. The highest BCUT2D eigenvalue weighted by atomic mass is 32.2. The molecule has 0 aliphatic rings. The van der Waals surface area contributed by atoms with Crippen LogP contribution < -0.4 is 9.61 Å². The van der Waals surface area contributed by atoms with Crippen LogP contribution in [0.4, 0.5) is 0 Å². The molecule has 3 rings (SSSR count). The number of aryl methyl sites for hydroxylation is 2. The van der Waals surface area contributed by atoms with Gasteiger partial charge in [0.25, 0.3) is 0 Å². The second-order valence-electron chi connectivity index (χ2n) is 5.19. The maximum Gasteiger partial charge on any atom is 0.307 e. The number of hydrogen-bond acceptors (Lipinski definition) is 7. The number of hydrogen-bond donors (Lipinski definition) is 0. The van der Waals surface area contributed by atoms with E-state index in [0.29, 0.717) is 23.2 Å². The summed E-state index contributed by atoms with van der Waals surface area (Å²) in [6.45, 7) is 4.56. The molecule has 126 valence electrons. The fraction of sp³-hybridized carbons (Fsp3) is 0.333. The van der Waals surface area contributed by atoms with E-state index in [2.05, 4.69) is 15.5 Å². The Bertz CT molecular complexity index is 899. The maximum atomic E-state index is 11.8. The molecule has 3 aromatic rings. The van der Waals surface area contributed by atoms with Crippen LogP contribution in [0.5, 0.6) is 5.75 Å². The van der Waals surface area contributed by atoms with Gasteiger partial charge in [0.1, 0.15) is 11.4 Å². The van der Waals surface area contributed by atoms with Crippen LogP contribution in [0.3, 0.4) is 0 Å². The van der Waals surface area contributed by atoms with Crippen molar-refractivity contribution < 1.29 is 4.74 Å². The van der Waals surface area contributed by atoms with Crippen molar-refractivity contribution in [1.82, 2.24) is 24.8 Å². The Labute approximate surface area is 147 Å². The van der Waals surface area contributed by atoms with Crippen molar-refractivity contribution in [3.63, 3.8) is 0 Å².